The highest BCUT2D eigenvalue weighted by atomic mass is 16.4. The number of imidazole rings is 1. The highest BCUT2D eigenvalue weighted by Crippen LogP contribution is 2.30. The number of likely N-dealkylation sites (N-methyl/N-ethyl adjacent to an activating group) is 1. The number of hydrogen-bond donors (Lipinski definition) is 1. The minimum atomic E-state index is -0.674. The van der Waals surface area contributed by atoms with Crippen LogP contribution in [0.3, 0.4) is 0 Å². The molecule has 0 aliphatic carbocycles. The number of hydrogen-bond acceptors (Lipinski definition) is 3. The van der Waals surface area contributed by atoms with Gasteiger partial charge >= 0.3 is 5.97 Å². The highest BCUT2D eigenvalue weighted by Gasteiger charge is 2.31. The molecule has 2 aliphatic rings. The molecule has 2 atom stereocenters. The molecule has 0 saturated carbocycles. The third-order valence-corrected chi connectivity index (χ3v) is 4.56. The molecule has 5 nitrogen and oxygen atoms in total. The quantitative estimate of drug-likeness (QED) is 0.894. The fourth-order valence-corrected chi connectivity index (χ4v) is 3.35. The normalized spacial score (nSPS) is 27.4. The van der Waals surface area contributed by atoms with E-state index >= 15 is 0 Å². The van der Waals surface area contributed by atoms with Crippen LogP contribution < -0.4 is 0 Å². The van der Waals surface area contributed by atoms with Crippen LogP contribution in [0.4, 0.5) is 0 Å². The van der Waals surface area contributed by atoms with Gasteiger partial charge < -0.3 is 14.6 Å². The molecule has 3 rings (SSSR count). The molecule has 0 spiro atoms. The van der Waals surface area contributed by atoms with Crippen molar-refractivity contribution in [3.63, 3.8) is 0 Å². The van der Waals surface area contributed by atoms with Crippen LogP contribution in [-0.2, 0) is 17.8 Å². The van der Waals surface area contributed by atoms with E-state index in [1.54, 1.807) is 0 Å². The molecule has 2 aliphatic heterocycles. The van der Waals surface area contributed by atoms with Gasteiger partial charge in [0.25, 0.3) is 0 Å². The first kappa shape index (κ1) is 12.7. The highest BCUT2D eigenvalue weighted by molar-refractivity contribution is 5.70. The molecule has 1 aromatic heterocycles. The Morgan fingerprint density at radius 1 is 1.47 bits per heavy atom. The zero-order valence-corrected chi connectivity index (χ0v) is 11.4. The molecule has 0 amide bonds. The standard InChI is InChI=1S/C14H21N3O2/c1-2-16-5-3-11(9-16)13-15-8-12-7-10(14(18)19)4-6-17(12)13/h8,10-11H,2-7,9H2,1H3,(H,18,19). The van der Waals surface area contributed by atoms with Gasteiger partial charge in [0.05, 0.1) is 5.92 Å². The number of nitrogens with zero attached hydrogens (tertiary/aromatic N) is 3. The molecule has 1 N–H and O–H groups in total. The predicted octanol–water partition coefficient (Wildman–Crippen LogP) is 1.34. The number of carboxylic acids is 1. The molecular weight excluding hydrogens is 242 g/mol. The fraction of sp³-hybridized carbons (Fsp3) is 0.714. The lowest BCUT2D eigenvalue weighted by Crippen LogP contribution is -2.27. The summed E-state index contributed by atoms with van der Waals surface area (Å²) in [5.74, 6) is 0.796. The van der Waals surface area contributed by atoms with Crippen molar-refractivity contribution in [1.82, 2.24) is 14.5 Å². The average molecular weight is 263 g/mol. The van der Waals surface area contributed by atoms with Crippen molar-refractivity contribution in [2.45, 2.75) is 38.6 Å². The molecule has 5 heteroatoms. The first-order valence-electron chi connectivity index (χ1n) is 7.18. The van der Waals surface area contributed by atoms with E-state index in [1.165, 1.54) is 12.2 Å². The van der Waals surface area contributed by atoms with E-state index in [1.807, 2.05) is 6.20 Å². The fourth-order valence-electron chi connectivity index (χ4n) is 3.35. The lowest BCUT2D eigenvalue weighted by Gasteiger charge is -2.23. The van der Waals surface area contributed by atoms with E-state index in [4.69, 9.17) is 5.11 Å². The summed E-state index contributed by atoms with van der Waals surface area (Å²) in [5.41, 5.74) is 1.10. The van der Waals surface area contributed by atoms with Gasteiger partial charge in [-0.2, -0.15) is 0 Å². The number of aromatic nitrogens is 2. The number of carbonyl (C=O) groups is 1. The molecule has 1 aromatic rings. The van der Waals surface area contributed by atoms with Gasteiger partial charge in [0.15, 0.2) is 0 Å². The SMILES string of the molecule is CCN1CCC(c2ncc3n2CCC(C(=O)O)C3)C1. The van der Waals surface area contributed by atoms with E-state index < -0.39 is 5.97 Å². The number of aliphatic carboxylic acids is 1. The summed E-state index contributed by atoms with van der Waals surface area (Å²) in [6.45, 7) is 6.35. The maximum atomic E-state index is 11.1. The molecule has 1 saturated heterocycles. The van der Waals surface area contributed by atoms with Gasteiger partial charge in [-0.05, 0) is 25.9 Å². The molecule has 104 valence electrons. The van der Waals surface area contributed by atoms with E-state index in [0.717, 1.165) is 38.3 Å². The third kappa shape index (κ3) is 2.27. The topological polar surface area (TPSA) is 58.4 Å². The minimum absolute atomic E-state index is 0.229. The van der Waals surface area contributed by atoms with Gasteiger partial charge in [-0.25, -0.2) is 4.98 Å². The summed E-state index contributed by atoms with van der Waals surface area (Å²) in [6.07, 6.45) is 4.42. The van der Waals surface area contributed by atoms with Crippen molar-refractivity contribution in [3.8, 4) is 0 Å². The lowest BCUT2D eigenvalue weighted by atomic mass is 9.96. The summed E-state index contributed by atoms with van der Waals surface area (Å²) in [7, 11) is 0. The van der Waals surface area contributed by atoms with Crippen LogP contribution in [0.5, 0.6) is 0 Å². The smallest absolute Gasteiger partial charge is 0.306 e. The second kappa shape index (κ2) is 4.96. The number of rotatable bonds is 3. The number of fused-ring (bicyclic) bond motifs is 1. The molecule has 19 heavy (non-hydrogen) atoms. The molecular formula is C14H21N3O2. The van der Waals surface area contributed by atoms with Gasteiger partial charge in [0, 0.05) is 37.3 Å². The maximum Gasteiger partial charge on any atom is 0.306 e. The van der Waals surface area contributed by atoms with Crippen molar-refractivity contribution < 1.29 is 9.90 Å². The molecule has 0 aromatic carbocycles. The Morgan fingerprint density at radius 3 is 3.00 bits per heavy atom. The Labute approximate surface area is 113 Å². The summed E-state index contributed by atoms with van der Waals surface area (Å²) < 4.78 is 2.27. The van der Waals surface area contributed by atoms with Crippen LogP contribution >= 0.6 is 0 Å². The Balaban J connectivity index is 1.78. The van der Waals surface area contributed by atoms with Crippen LogP contribution in [0.25, 0.3) is 0 Å². The molecule has 2 unspecified atom stereocenters. The minimum Gasteiger partial charge on any atom is -0.481 e. The molecule has 0 radical (unpaired) electrons. The molecule has 0 bridgehead atoms. The zero-order chi connectivity index (χ0) is 13.4. The van der Waals surface area contributed by atoms with Gasteiger partial charge in [-0.15, -0.1) is 0 Å². The van der Waals surface area contributed by atoms with E-state index in [0.29, 0.717) is 12.3 Å². The van der Waals surface area contributed by atoms with Crippen LogP contribution in [0.15, 0.2) is 6.20 Å². The second-order valence-corrected chi connectivity index (χ2v) is 5.67. The van der Waals surface area contributed by atoms with E-state index in [-0.39, 0.29) is 5.92 Å². The monoisotopic (exact) mass is 263 g/mol. The van der Waals surface area contributed by atoms with Gasteiger partial charge in [0.2, 0.25) is 0 Å². The van der Waals surface area contributed by atoms with Crippen molar-refractivity contribution >= 4 is 5.97 Å². The summed E-state index contributed by atoms with van der Waals surface area (Å²) in [5, 5.41) is 9.11. The lowest BCUT2D eigenvalue weighted by molar-refractivity contribution is -0.142. The van der Waals surface area contributed by atoms with Crippen LogP contribution in [0.1, 0.15) is 37.2 Å². The zero-order valence-electron chi connectivity index (χ0n) is 11.4. The van der Waals surface area contributed by atoms with E-state index in [9.17, 15) is 4.79 Å². The summed E-state index contributed by atoms with van der Waals surface area (Å²) in [4.78, 5) is 18.1. The second-order valence-electron chi connectivity index (χ2n) is 5.67. The Morgan fingerprint density at radius 2 is 2.32 bits per heavy atom. The van der Waals surface area contributed by atoms with Crippen LogP contribution in [0.2, 0.25) is 0 Å². The first-order chi connectivity index (χ1) is 9.19. The first-order valence-corrected chi connectivity index (χ1v) is 7.18. The van der Waals surface area contributed by atoms with Crippen molar-refractivity contribution in [2.75, 3.05) is 19.6 Å². The van der Waals surface area contributed by atoms with Crippen molar-refractivity contribution in [2.24, 2.45) is 5.92 Å². The van der Waals surface area contributed by atoms with Crippen molar-refractivity contribution in [3.05, 3.63) is 17.7 Å². The van der Waals surface area contributed by atoms with E-state index in [2.05, 4.69) is 21.4 Å². The third-order valence-electron chi connectivity index (χ3n) is 4.56. The predicted molar refractivity (Wildman–Crippen MR) is 71.1 cm³/mol. The Hall–Kier alpha value is -1.36. The molecule has 3 heterocycles. The Kier molecular flexibility index (Phi) is 3.31. The Bertz CT molecular complexity index is 483. The van der Waals surface area contributed by atoms with Gasteiger partial charge in [-0.3, -0.25) is 4.79 Å². The van der Waals surface area contributed by atoms with Gasteiger partial charge in [-0.1, -0.05) is 6.92 Å². The average Bonchev–Trinajstić information content (AvgIpc) is 3.03. The maximum absolute atomic E-state index is 11.1. The molecule has 1 fully saturated rings. The largest absolute Gasteiger partial charge is 0.481 e. The number of likely N-dealkylation sites (tertiary alicyclic amines) is 1. The van der Waals surface area contributed by atoms with Crippen LogP contribution in [-0.4, -0.2) is 45.2 Å². The van der Waals surface area contributed by atoms with Gasteiger partial charge in [0.1, 0.15) is 5.82 Å². The summed E-state index contributed by atoms with van der Waals surface area (Å²) >= 11 is 0. The summed E-state index contributed by atoms with van der Waals surface area (Å²) in [6, 6.07) is 0. The van der Waals surface area contributed by atoms with Crippen molar-refractivity contribution in [1.29, 1.82) is 0 Å². The van der Waals surface area contributed by atoms with Crippen LogP contribution in [0, 0.1) is 5.92 Å². The number of carboxylic acid groups (broad SMARTS) is 1.